The SMILES string of the molecule is O=C(NC1CC1)C1=CC=C(c2cnc3c(Br)nc(Br)cn23)CC1. The average Bonchev–Trinajstić information content (AvgIpc) is 3.24. The lowest BCUT2D eigenvalue weighted by Gasteiger charge is -2.14. The van der Waals surface area contributed by atoms with Crippen LogP contribution in [0.3, 0.4) is 0 Å². The number of fused-ring (bicyclic) bond motifs is 1. The summed E-state index contributed by atoms with van der Waals surface area (Å²) in [5.74, 6) is 0.0793. The second kappa shape index (κ2) is 5.87. The molecule has 1 fully saturated rings. The first-order valence-electron chi connectivity index (χ1n) is 7.52. The van der Waals surface area contributed by atoms with E-state index < -0.39 is 0 Å². The molecule has 2 aliphatic rings. The molecule has 2 aliphatic carbocycles. The summed E-state index contributed by atoms with van der Waals surface area (Å²) in [5, 5.41) is 3.04. The van der Waals surface area contributed by atoms with E-state index in [1.54, 1.807) is 0 Å². The molecule has 0 radical (unpaired) electrons. The Morgan fingerprint density at radius 3 is 2.78 bits per heavy atom. The van der Waals surface area contributed by atoms with Crippen LogP contribution in [0, 0.1) is 0 Å². The Kier molecular flexibility index (Phi) is 3.85. The van der Waals surface area contributed by atoms with Gasteiger partial charge in [-0.25, -0.2) is 9.97 Å². The number of carbonyl (C=O) groups is 1. The number of hydrogen-bond donors (Lipinski definition) is 1. The largest absolute Gasteiger partial charge is 0.350 e. The molecule has 1 amide bonds. The van der Waals surface area contributed by atoms with Crippen molar-refractivity contribution in [1.82, 2.24) is 19.7 Å². The fraction of sp³-hybridized carbons (Fsp3) is 0.312. The maximum atomic E-state index is 12.1. The van der Waals surface area contributed by atoms with Gasteiger partial charge in [-0.3, -0.25) is 9.20 Å². The molecule has 1 saturated carbocycles. The van der Waals surface area contributed by atoms with Crippen molar-refractivity contribution in [3.63, 3.8) is 0 Å². The van der Waals surface area contributed by atoms with E-state index in [-0.39, 0.29) is 5.91 Å². The van der Waals surface area contributed by atoms with Crippen molar-refractivity contribution in [2.75, 3.05) is 0 Å². The van der Waals surface area contributed by atoms with E-state index in [0.717, 1.165) is 47.2 Å². The van der Waals surface area contributed by atoms with E-state index >= 15 is 0 Å². The molecule has 7 heteroatoms. The zero-order chi connectivity index (χ0) is 16.0. The molecule has 0 aromatic carbocycles. The maximum absolute atomic E-state index is 12.1. The average molecular weight is 438 g/mol. The molecule has 0 bridgehead atoms. The van der Waals surface area contributed by atoms with Crippen LogP contribution < -0.4 is 5.32 Å². The fourth-order valence-electron chi connectivity index (χ4n) is 2.71. The Bertz CT molecular complexity index is 864. The molecule has 0 spiro atoms. The maximum Gasteiger partial charge on any atom is 0.247 e. The second-order valence-corrected chi connectivity index (χ2v) is 7.39. The summed E-state index contributed by atoms with van der Waals surface area (Å²) in [6, 6.07) is 0.398. The van der Waals surface area contributed by atoms with E-state index in [0.29, 0.717) is 10.6 Å². The van der Waals surface area contributed by atoms with Crippen molar-refractivity contribution in [3.05, 3.63) is 45.0 Å². The first-order chi connectivity index (χ1) is 11.1. The van der Waals surface area contributed by atoms with Crippen LogP contribution in [-0.4, -0.2) is 26.3 Å². The monoisotopic (exact) mass is 436 g/mol. The third kappa shape index (κ3) is 2.99. The molecule has 5 nitrogen and oxygen atoms in total. The standard InChI is InChI=1S/C16H14Br2N4O/c17-13-8-22-12(7-19-15(22)14(18)21-13)9-1-3-10(4-2-9)16(23)20-11-5-6-11/h1,3,7-8,11H,2,4-6H2,(H,20,23). The number of nitrogens with zero attached hydrogens (tertiary/aromatic N) is 3. The van der Waals surface area contributed by atoms with Crippen LogP contribution in [-0.2, 0) is 4.79 Å². The summed E-state index contributed by atoms with van der Waals surface area (Å²) in [4.78, 5) is 20.8. The topological polar surface area (TPSA) is 59.3 Å². The molecule has 0 unspecified atom stereocenters. The Morgan fingerprint density at radius 2 is 2.09 bits per heavy atom. The number of hydrogen-bond acceptors (Lipinski definition) is 3. The van der Waals surface area contributed by atoms with Crippen LogP contribution in [0.15, 0.2) is 39.3 Å². The minimum Gasteiger partial charge on any atom is -0.350 e. The van der Waals surface area contributed by atoms with E-state index in [4.69, 9.17) is 0 Å². The quantitative estimate of drug-likeness (QED) is 0.797. The first-order valence-corrected chi connectivity index (χ1v) is 9.10. The minimum atomic E-state index is 0.0793. The van der Waals surface area contributed by atoms with Crippen LogP contribution in [0.1, 0.15) is 31.4 Å². The van der Waals surface area contributed by atoms with E-state index in [9.17, 15) is 4.79 Å². The van der Waals surface area contributed by atoms with Gasteiger partial charge in [0, 0.05) is 17.8 Å². The lowest BCUT2D eigenvalue weighted by molar-refractivity contribution is -0.117. The number of carbonyl (C=O) groups excluding carboxylic acids is 1. The molecular weight excluding hydrogens is 424 g/mol. The van der Waals surface area contributed by atoms with Gasteiger partial charge in [-0.2, -0.15) is 0 Å². The summed E-state index contributed by atoms with van der Waals surface area (Å²) in [6.45, 7) is 0. The summed E-state index contributed by atoms with van der Waals surface area (Å²) in [6.07, 6.45) is 11.5. The second-order valence-electron chi connectivity index (χ2n) is 5.82. The van der Waals surface area contributed by atoms with E-state index in [2.05, 4.69) is 47.1 Å². The van der Waals surface area contributed by atoms with Gasteiger partial charge in [0.25, 0.3) is 0 Å². The van der Waals surface area contributed by atoms with Gasteiger partial charge in [-0.15, -0.1) is 0 Å². The van der Waals surface area contributed by atoms with Crippen molar-refractivity contribution in [2.24, 2.45) is 0 Å². The third-order valence-electron chi connectivity index (χ3n) is 4.10. The predicted molar refractivity (Wildman–Crippen MR) is 94.8 cm³/mol. The van der Waals surface area contributed by atoms with Gasteiger partial charge in [0.15, 0.2) is 10.3 Å². The van der Waals surface area contributed by atoms with Crippen molar-refractivity contribution >= 4 is 49.0 Å². The van der Waals surface area contributed by atoms with Crippen LogP contribution in [0.2, 0.25) is 0 Å². The third-order valence-corrected chi connectivity index (χ3v) is 5.02. The fourth-order valence-corrected chi connectivity index (χ4v) is 3.81. The molecule has 118 valence electrons. The van der Waals surface area contributed by atoms with Gasteiger partial charge in [0.1, 0.15) is 4.60 Å². The lowest BCUT2D eigenvalue weighted by atomic mass is 9.96. The highest BCUT2D eigenvalue weighted by Crippen LogP contribution is 2.30. The first kappa shape index (κ1) is 15.1. The molecule has 23 heavy (non-hydrogen) atoms. The highest BCUT2D eigenvalue weighted by Gasteiger charge is 2.25. The number of nitrogens with one attached hydrogen (secondary N) is 1. The summed E-state index contributed by atoms with van der Waals surface area (Å²) >= 11 is 6.84. The van der Waals surface area contributed by atoms with Crippen molar-refractivity contribution in [1.29, 1.82) is 0 Å². The van der Waals surface area contributed by atoms with Crippen LogP contribution in [0.4, 0.5) is 0 Å². The highest BCUT2D eigenvalue weighted by molar-refractivity contribution is 9.11. The van der Waals surface area contributed by atoms with Crippen molar-refractivity contribution in [2.45, 2.75) is 31.7 Å². The Morgan fingerprint density at radius 1 is 1.26 bits per heavy atom. The number of halogens is 2. The molecule has 0 aliphatic heterocycles. The normalized spacial score (nSPS) is 17.8. The smallest absolute Gasteiger partial charge is 0.247 e. The molecule has 2 aromatic heterocycles. The van der Waals surface area contributed by atoms with Crippen molar-refractivity contribution < 1.29 is 4.79 Å². The molecule has 0 saturated heterocycles. The van der Waals surface area contributed by atoms with E-state index in [1.807, 2.05) is 28.9 Å². The van der Waals surface area contributed by atoms with Gasteiger partial charge in [0.05, 0.1) is 11.9 Å². The van der Waals surface area contributed by atoms with Gasteiger partial charge >= 0.3 is 0 Å². The predicted octanol–water partition coefficient (Wildman–Crippen LogP) is 3.64. The number of amides is 1. The summed E-state index contributed by atoms with van der Waals surface area (Å²) in [5.41, 5.74) is 3.84. The van der Waals surface area contributed by atoms with Gasteiger partial charge < -0.3 is 5.32 Å². The summed E-state index contributed by atoms with van der Waals surface area (Å²) in [7, 11) is 0. The molecular formula is C16H14Br2N4O. The number of aromatic nitrogens is 3. The van der Waals surface area contributed by atoms with Gasteiger partial charge in [-0.1, -0.05) is 12.2 Å². The van der Waals surface area contributed by atoms with Gasteiger partial charge in [-0.05, 0) is 63.1 Å². The molecule has 2 aromatic rings. The number of allylic oxidation sites excluding steroid dienone is 3. The Labute approximate surface area is 150 Å². The zero-order valence-electron chi connectivity index (χ0n) is 12.2. The summed E-state index contributed by atoms with van der Waals surface area (Å²) < 4.78 is 3.46. The van der Waals surface area contributed by atoms with Crippen LogP contribution >= 0.6 is 31.9 Å². The minimum absolute atomic E-state index is 0.0793. The van der Waals surface area contributed by atoms with Crippen LogP contribution in [0.5, 0.6) is 0 Å². The van der Waals surface area contributed by atoms with Gasteiger partial charge in [0.2, 0.25) is 5.91 Å². The number of imidazole rings is 1. The highest BCUT2D eigenvalue weighted by atomic mass is 79.9. The Hall–Kier alpha value is -1.47. The van der Waals surface area contributed by atoms with Crippen molar-refractivity contribution in [3.8, 4) is 0 Å². The molecule has 2 heterocycles. The Balaban J connectivity index is 1.65. The molecule has 0 atom stereocenters. The van der Waals surface area contributed by atoms with E-state index in [1.165, 1.54) is 5.57 Å². The molecule has 4 rings (SSSR count). The molecule has 1 N–H and O–H groups in total. The number of rotatable bonds is 3. The van der Waals surface area contributed by atoms with Crippen LogP contribution in [0.25, 0.3) is 11.2 Å². The lowest BCUT2D eigenvalue weighted by Crippen LogP contribution is -2.27. The zero-order valence-corrected chi connectivity index (χ0v) is 15.4.